The van der Waals surface area contributed by atoms with E-state index in [0.29, 0.717) is 31.0 Å². The maximum Gasteiger partial charge on any atom is 0.410 e. The van der Waals surface area contributed by atoms with Crippen molar-refractivity contribution >= 4 is 28.6 Å². The number of nitrogens with two attached hydrogens (primary N) is 2. The first-order chi connectivity index (χ1) is 15.5. The molecule has 1 saturated heterocycles. The summed E-state index contributed by atoms with van der Waals surface area (Å²) in [7, 11) is 0. The standard InChI is InChI=1S/C23H34FN7O2/c1-14(18-11-30-21-17(18)8-16(25)10-29-21)27-12-19(24)20(26)28-9-15-6-5-7-31(13-15)22(32)33-23(2,3)4/h8,10-12,14-15,27H,5-7,9,13,25H2,1-4H3,(H2,26,28)(H,29,30). The zero-order chi connectivity index (χ0) is 24.2. The lowest BCUT2D eigenvalue weighted by molar-refractivity contribution is 0.0170. The predicted molar refractivity (Wildman–Crippen MR) is 128 cm³/mol. The third-order valence-electron chi connectivity index (χ3n) is 5.45. The van der Waals surface area contributed by atoms with Crippen molar-refractivity contribution in [2.75, 3.05) is 25.4 Å². The number of ether oxygens (including phenoxy) is 1. The fourth-order valence-electron chi connectivity index (χ4n) is 3.77. The van der Waals surface area contributed by atoms with E-state index in [1.54, 1.807) is 11.1 Å². The molecule has 2 aromatic rings. The van der Waals surface area contributed by atoms with Gasteiger partial charge < -0.3 is 31.4 Å². The Hall–Kier alpha value is -3.30. The van der Waals surface area contributed by atoms with E-state index in [9.17, 15) is 9.18 Å². The molecule has 3 heterocycles. The Morgan fingerprint density at radius 2 is 2.27 bits per heavy atom. The average molecular weight is 460 g/mol. The lowest BCUT2D eigenvalue weighted by Gasteiger charge is -2.33. The number of aliphatic imine (C=N–C) groups is 1. The molecule has 0 saturated carbocycles. The maximum absolute atomic E-state index is 14.5. The number of rotatable bonds is 6. The summed E-state index contributed by atoms with van der Waals surface area (Å²) in [5.41, 5.74) is 13.3. The van der Waals surface area contributed by atoms with Crippen LogP contribution in [0.25, 0.3) is 11.0 Å². The van der Waals surface area contributed by atoms with Gasteiger partial charge in [0.2, 0.25) is 0 Å². The van der Waals surface area contributed by atoms with Crippen molar-refractivity contribution in [1.29, 1.82) is 0 Å². The Bertz CT molecular complexity index is 1040. The maximum atomic E-state index is 14.5. The number of likely N-dealkylation sites (tertiary alicyclic amines) is 1. The number of nitrogen functional groups attached to an aromatic ring is 1. The number of anilines is 1. The van der Waals surface area contributed by atoms with E-state index in [2.05, 4.69) is 20.3 Å². The molecule has 9 nitrogen and oxygen atoms in total. The molecule has 0 aliphatic carbocycles. The summed E-state index contributed by atoms with van der Waals surface area (Å²) in [6.07, 6.45) is 6.03. The number of fused-ring (bicyclic) bond motifs is 1. The van der Waals surface area contributed by atoms with Crippen LogP contribution in [0.1, 0.15) is 52.1 Å². The highest BCUT2D eigenvalue weighted by Crippen LogP contribution is 2.24. The first kappa shape index (κ1) is 24.3. The van der Waals surface area contributed by atoms with E-state index in [0.717, 1.165) is 23.8 Å². The van der Waals surface area contributed by atoms with Gasteiger partial charge in [-0.1, -0.05) is 0 Å². The lowest BCUT2D eigenvalue weighted by atomic mass is 9.98. The second-order valence-corrected chi connectivity index (χ2v) is 9.45. The number of nitrogens with one attached hydrogen (secondary N) is 2. The van der Waals surface area contributed by atoms with E-state index in [1.165, 1.54) is 6.20 Å². The smallest absolute Gasteiger partial charge is 0.410 e. The van der Waals surface area contributed by atoms with Gasteiger partial charge >= 0.3 is 6.09 Å². The first-order valence-corrected chi connectivity index (χ1v) is 11.2. The molecule has 0 aromatic carbocycles. The van der Waals surface area contributed by atoms with Crippen LogP contribution in [0, 0.1) is 5.92 Å². The highest BCUT2D eigenvalue weighted by Gasteiger charge is 2.27. The Morgan fingerprint density at radius 1 is 1.52 bits per heavy atom. The van der Waals surface area contributed by atoms with Crippen LogP contribution in [0.5, 0.6) is 0 Å². The number of carbonyl (C=O) groups excluding carboxylic acids is 1. The number of hydrogen-bond donors (Lipinski definition) is 4. The van der Waals surface area contributed by atoms with Crippen LogP contribution in [-0.2, 0) is 4.74 Å². The Labute approximate surface area is 193 Å². The van der Waals surface area contributed by atoms with Gasteiger partial charge in [0.05, 0.1) is 17.9 Å². The molecule has 2 atom stereocenters. The van der Waals surface area contributed by atoms with Crippen molar-refractivity contribution in [3.05, 3.63) is 36.1 Å². The van der Waals surface area contributed by atoms with Crippen LogP contribution in [0.3, 0.4) is 0 Å². The van der Waals surface area contributed by atoms with Crippen LogP contribution >= 0.6 is 0 Å². The summed E-state index contributed by atoms with van der Waals surface area (Å²) in [6, 6.07) is 1.62. The Balaban J connectivity index is 1.56. The molecular formula is C23H34FN7O2. The van der Waals surface area contributed by atoms with Crippen LogP contribution in [0.2, 0.25) is 0 Å². The quantitative estimate of drug-likeness (QED) is 0.385. The number of hydrogen-bond acceptors (Lipinski definition) is 6. The third kappa shape index (κ3) is 6.59. The van der Waals surface area contributed by atoms with Gasteiger partial charge in [-0.15, -0.1) is 0 Å². The average Bonchev–Trinajstić information content (AvgIpc) is 3.17. The number of piperidine rings is 1. The summed E-state index contributed by atoms with van der Waals surface area (Å²) in [4.78, 5) is 25.5. The summed E-state index contributed by atoms with van der Waals surface area (Å²) < 4.78 is 20.0. The van der Waals surface area contributed by atoms with Gasteiger partial charge in [0.15, 0.2) is 11.7 Å². The van der Waals surface area contributed by atoms with Crippen molar-refractivity contribution in [1.82, 2.24) is 20.2 Å². The molecule has 1 aliphatic heterocycles. The fraction of sp³-hybridized carbons (Fsp3) is 0.522. The zero-order valence-corrected chi connectivity index (χ0v) is 19.7. The number of amides is 1. The SMILES string of the molecule is CC(NC=C(F)C(N)=NCC1CCCN(C(=O)OC(C)(C)C)C1)c1c[nH]c2ncc(N)cc12. The normalized spacial score (nSPS) is 18.9. The topological polar surface area (TPSA) is 135 Å². The van der Waals surface area contributed by atoms with Crippen molar-refractivity contribution < 1.29 is 13.9 Å². The molecule has 3 rings (SSSR count). The molecule has 180 valence electrons. The minimum Gasteiger partial charge on any atom is -0.444 e. The number of aromatic nitrogens is 2. The van der Waals surface area contributed by atoms with Crippen LogP contribution in [-0.4, -0.2) is 52.0 Å². The number of pyridine rings is 1. The Kier molecular flexibility index (Phi) is 7.45. The molecule has 2 unspecified atom stereocenters. The highest BCUT2D eigenvalue weighted by molar-refractivity contribution is 5.94. The summed E-state index contributed by atoms with van der Waals surface area (Å²) in [6.45, 7) is 8.93. The molecule has 0 spiro atoms. The van der Waals surface area contributed by atoms with Crippen molar-refractivity contribution in [3.8, 4) is 0 Å². The number of amidine groups is 1. The van der Waals surface area contributed by atoms with E-state index < -0.39 is 11.4 Å². The molecule has 1 fully saturated rings. The van der Waals surface area contributed by atoms with Crippen LogP contribution in [0.15, 0.2) is 35.5 Å². The minimum absolute atomic E-state index is 0.105. The van der Waals surface area contributed by atoms with E-state index in [1.807, 2.05) is 40.0 Å². The van der Waals surface area contributed by atoms with Gasteiger partial charge in [0, 0.05) is 43.0 Å². The van der Waals surface area contributed by atoms with Crippen LogP contribution in [0.4, 0.5) is 14.9 Å². The van der Waals surface area contributed by atoms with Crippen LogP contribution < -0.4 is 16.8 Å². The summed E-state index contributed by atoms with van der Waals surface area (Å²) >= 11 is 0. The van der Waals surface area contributed by atoms with Crippen molar-refractivity contribution in [3.63, 3.8) is 0 Å². The Morgan fingerprint density at radius 3 is 3.00 bits per heavy atom. The van der Waals surface area contributed by atoms with Gasteiger partial charge in [0.25, 0.3) is 0 Å². The molecule has 0 radical (unpaired) electrons. The first-order valence-electron chi connectivity index (χ1n) is 11.2. The zero-order valence-electron chi connectivity index (χ0n) is 19.7. The number of H-pyrrole nitrogens is 1. The number of carbonyl (C=O) groups is 1. The van der Waals surface area contributed by atoms with Gasteiger partial charge in [-0.2, -0.15) is 0 Å². The summed E-state index contributed by atoms with van der Waals surface area (Å²) in [5, 5.41) is 3.88. The molecule has 1 amide bonds. The van der Waals surface area contributed by atoms with Crippen molar-refractivity contribution in [2.24, 2.45) is 16.6 Å². The van der Waals surface area contributed by atoms with E-state index in [4.69, 9.17) is 16.2 Å². The second kappa shape index (κ2) is 10.1. The molecule has 10 heteroatoms. The largest absolute Gasteiger partial charge is 0.444 e. The summed E-state index contributed by atoms with van der Waals surface area (Å²) in [5.74, 6) is -0.707. The fourth-order valence-corrected chi connectivity index (χ4v) is 3.77. The second-order valence-electron chi connectivity index (χ2n) is 9.45. The molecule has 1 aliphatic rings. The predicted octanol–water partition coefficient (Wildman–Crippen LogP) is 3.61. The third-order valence-corrected chi connectivity index (χ3v) is 5.45. The molecule has 6 N–H and O–H groups in total. The van der Waals surface area contributed by atoms with Gasteiger partial charge in [-0.05, 0) is 52.5 Å². The molecular weight excluding hydrogens is 425 g/mol. The lowest BCUT2D eigenvalue weighted by Crippen LogP contribution is -2.43. The number of halogens is 1. The monoisotopic (exact) mass is 459 g/mol. The number of aromatic amines is 1. The molecule has 2 aromatic heterocycles. The molecule has 33 heavy (non-hydrogen) atoms. The highest BCUT2D eigenvalue weighted by atomic mass is 19.1. The molecule has 0 bridgehead atoms. The van der Waals surface area contributed by atoms with Crippen molar-refractivity contribution in [2.45, 2.75) is 52.2 Å². The minimum atomic E-state index is -0.640. The number of nitrogens with zero attached hydrogens (tertiary/aromatic N) is 3. The van der Waals surface area contributed by atoms with Gasteiger partial charge in [-0.3, -0.25) is 4.99 Å². The van der Waals surface area contributed by atoms with E-state index in [-0.39, 0.29) is 23.9 Å². The van der Waals surface area contributed by atoms with Gasteiger partial charge in [0.1, 0.15) is 11.2 Å². The van der Waals surface area contributed by atoms with E-state index >= 15 is 0 Å². The van der Waals surface area contributed by atoms with Gasteiger partial charge in [-0.25, -0.2) is 14.2 Å².